The van der Waals surface area contributed by atoms with Crippen molar-refractivity contribution in [2.24, 2.45) is 7.92 Å². The van der Waals surface area contributed by atoms with E-state index in [1.54, 1.807) is 6.07 Å². The molecule has 1 atom stereocenters. The minimum atomic E-state index is -3.03. The number of nitrogens with one attached hydrogen (secondary N) is 2. The molecule has 3 rings (SSSR count). The van der Waals surface area contributed by atoms with Gasteiger partial charge in [-0.25, -0.2) is 0 Å². The summed E-state index contributed by atoms with van der Waals surface area (Å²) in [7, 11) is -3.03. The van der Waals surface area contributed by atoms with Crippen molar-refractivity contribution in [3.8, 4) is 0 Å². The molecule has 112 valence electrons. The SMILES string of the molecule is O=C(CC1CS(=O)(=O)CCN1)Nc1cccc2c1N=[Se]=N2. The van der Waals surface area contributed by atoms with Crippen LogP contribution >= 0.6 is 0 Å². The summed E-state index contributed by atoms with van der Waals surface area (Å²) >= 11 is -0.151. The van der Waals surface area contributed by atoms with Gasteiger partial charge in [0.05, 0.1) is 0 Å². The first-order chi connectivity index (χ1) is 10.0. The van der Waals surface area contributed by atoms with Gasteiger partial charge in [0.2, 0.25) is 0 Å². The van der Waals surface area contributed by atoms with Gasteiger partial charge in [0.15, 0.2) is 0 Å². The Bertz CT molecular complexity index is 756. The van der Waals surface area contributed by atoms with Crippen molar-refractivity contribution in [3.05, 3.63) is 18.2 Å². The molecule has 7 nitrogen and oxygen atoms in total. The molecule has 21 heavy (non-hydrogen) atoms. The van der Waals surface area contributed by atoms with E-state index in [9.17, 15) is 13.2 Å². The summed E-state index contributed by atoms with van der Waals surface area (Å²) < 4.78 is 31.7. The van der Waals surface area contributed by atoms with Gasteiger partial charge >= 0.3 is 128 Å². The Morgan fingerprint density at radius 3 is 3.10 bits per heavy atom. The summed E-state index contributed by atoms with van der Waals surface area (Å²) in [6.07, 6.45) is 0.130. The zero-order valence-electron chi connectivity index (χ0n) is 11.1. The van der Waals surface area contributed by atoms with E-state index in [4.69, 9.17) is 0 Å². The van der Waals surface area contributed by atoms with Crippen LogP contribution in [-0.4, -0.2) is 53.0 Å². The van der Waals surface area contributed by atoms with Crippen molar-refractivity contribution < 1.29 is 13.2 Å². The third-order valence-electron chi connectivity index (χ3n) is 3.29. The molecule has 0 aliphatic carbocycles. The van der Waals surface area contributed by atoms with E-state index in [-0.39, 0.29) is 44.4 Å². The van der Waals surface area contributed by atoms with E-state index < -0.39 is 9.84 Å². The van der Waals surface area contributed by atoms with E-state index in [0.29, 0.717) is 12.2 Å². The zero-order chi connectivity index (χ0) is 14.9. The van der Waals surface area contributed by atoms with Gasteiger partial charge in [-0.3, -0.25) is 0 Å². The topological polar surface area (TPSA) is 100.0 Å². The van der Waals surface area contributed by atoms with Gasteiger partial charge in [0.1, 0.15) is 0 Å². The van der Waals surface area contributed by atoms with Crippen molar-refractivity contribution in [3.63, 3.8) is 0 Å². The molecule has 0 spiro atoms. The second-order valence-electron chi connectivity index (χ2n) is 4.96. The predicted octanol–water partition coefficient (Wildman–Crippen LogP) is 0.750. The van der Waals surface area contributed by atoms with Crippen molar-refractivity contribution in [1.29, 1.82) is 0 Å². The number of hydrogen-bond acceptors (Lipinski definition) is 6. The number of benzene rings is 1. The molecule has 1 unspecified atom stereocenters. The minimum absolute atomic E-state index is 0.0101. The molecular formula is C12H14N4O3SSe. The molecule has 2 aliphatic rings. The Labute approximate surface area is 128 Å². The average molecular weight is 373 g/mol. The molecule has 1 fully saturated rings. The fraction of sp³-hybridized carbons (Fsp3) is 0.417. The van der Waals surface area contributed by atoms with Gasteiger partial charge in [0, 0.05) is 0 Å². The summed E-state index contributed by atoms with van der Waals surface area (Å²) in [6.45, 7) is 0.401. The summed E-state index contributed by atoms with van der Waals surface area (Å²) in [4.78, 5) is 12.1. The molecular weight excluding hydrogens is 359 g/mol. The maximum absolute atomic E-state index is 12.1. The number of rotatable bonds is 3. The summed E-state index contributed by atoms with van der Waals surface area (Å²) in [5.41, 5.74) is 2.15. The first-order valence-electron chi connectivity index (χ1n) is 6.48. The van der Waals surface area contributed by atoms with Crippen molar-refractivity contribution in [2.75, 3.05) is 23.4 Å². The van der Waals surface area contributed by atoms with Crippen LogP contribution in [0.2, 0.25) is 0 Å². The Hall–Kier alpha value is -1.28. The molecule has 1 amide bonds. The van der Waals surface area contributed by atoms with Crippen LogP contribution in [0.1, 0.15) is 6.42 Å². The van der Waals surface area contributed by atoms with Gasteiger partial charge in [-0.15, -0.1) is 0 Å². The number of carbonyl (C=O) groups excluding carboxylic acids is 1. The van der Waals surface area contributed by atoms with Crippen LogP contribution in [0.25, 0.3) is 0 Å². The van der Waals surface area contributed by atoms with Gasteiger partial charge in [-0.05, 0) is 0 Å². The van der Waals surface area contributed by atoms with Crippen LogP contribution in [0.15, 0.2) is 26.1 Å². The summed E-state index contributed by atoms with van der Waals surface area (Å²) in [5, 5.41) is 5.86. The van der Waals surface area contributed by atoms with Crippen LogP contribution in [0.3, 0.4) is 0 Å². The molecule has 1 saturated heterocycles. The van der Waals surface area contributed by atoms with Gasteiger partial charge in [-0.2, -0.15) is 0 Å². The fourth-order valence-electron chi connectivity index (χ4n) is 2.33. The Kier molecular flexibility index (Phi) is 4.07. The van der Waals surface area contributed by atoms with E-state index >= 15 is 0 Å². The Morgan fingerprint density at radius 1 is 1.43 bits per heavy atom. The second kappa shape index (κ2) is 5.84. The van der Waals surface area contributed by atoms with Gasteiger partial charge < -0.3 is 0 Å². The fourth-order valence-corrected chi connectivity index (χ4v) is 4.93. The van der Waals surface area contributed by atoms with Gasteiger partial charge in [0.25, 0.3) is 0 Å². The number of nitrogens with zero attached hydrogens (tertiary/aromatic N) is 2. The number of carbonyl (C=O) groups is 1. The van der Waals surface area contributed by atoms with Crippen molar-refractivity contribution >= 4 is 47.4 Å². The van der Waals surface area contributed by atoms with Crippen LogP contribution in [-0.2, 0) is 14.6 Å². The van der Waals surface area contributed by atoms with Crippen LogP contribution < -0.4 is 10.6 Å². The van der Waals surface area contributed by atoms with Crippen LogP contribution in [0.5, 0.6) is 0 Å². The molecule has 1 aromatic carbocycles. The van der Waals surface area contributed by atoms with Crippen LogP contribution in [0.4, 0.5) is 17.1 Å². The zero-order valence-corrected chi connectivity index (χ0v) is 13.6. The quantitative estimate of drug-likeness (QED) is 0.776. The van der Waals surface area contributed by atoms with Crippen LogP contribution in [0, 0.1) is 0 Å². The molecule has 9 heteroatoms. The Balaban J connectivity index is 1.65. The molecule has 0 radical (unpaired) electrons. The van der Waals surface area contributed by atoms with E-state index in [1.807, 2.05) is 12.1 Å². The predicted molar refractivity (Wildman–Crippen MR) is 80.1 cm³/mol. The molecule has 1 aromatic rings. The number of fused-ring (bicyclic) bond motifs is 1. The van der Waals surface area contributed by atoms with Crippen molar-refractivity contribution in [2.45, 2.75) is 12.5 Å². The van der Waals surface area contributed by atoms with Gasteiger partial charge in [-0.1, -0.05) is 0 Å². The summed E-state index contributed by atoms with van der Waals surface area (Å²) in [5.74, 6) is -0.0665. The van der Waals surface area contributed by atoms with E-state index in [0.717, 1.165) is 11.4 Å². The second-order valence-corrected chi connectivity index (χ2v) is 8.29. The third-order valence-corrected chi connectivity index (χ3v) is 6.17. The molecule has 2 N–H and O–H groups in total. The summed E-state index contributed by atoms with van der Waals surface area (Å²) in [6, 6.07) is 5.13. The number of amides is 1. The molecule has 2 aliphatic heterocycles. The first-order valence-corrected chi connectivity index (χ1v) is 9.84. The Morgan fingerprint density at radius 2 is 2.29 bits per heavy atom. The van der Waals surface area contributed by atoms with Crippen molar-refractivity contribution in [1.82, 2.24) is 5.32 Å². The van der Waals surface area contributed by atoms with E-state index in [1.165, 1.54) is 0 Å². The molecule has 0 saturated carbocycles. The standard InChI is InChI=1S/C12H14N4O3SSe/c17-11(6-8-7-20(18,19)5-4-13-8)14-9-2-1-3-10-12(9)16-21-15-10/h1-3,8,13H,4-7H2,(H,14,17). The number of anilines is 1. The normalized spacial score (nSPS) is 22.4. The van der Waals surface area contributed by atoms with E-state index in [2.05, 4.69) is 18.6 Å². The monoisotopic (exact) mass is 374 g/mol. The third kappa shape index (κ3) is 3.49. The maximum atomic E-state index is 12.1. The number of hydrogen-bond donors (Lipinski definition) is 2. The number of sulfone groups is 1. The molecule has 0 aromatic heterocycles. The molecule has 0 bridgehead atoms. The average Bonchev–Trinajstić information content (AvgIpc) is 2.86. The molecule has 2 heterocycles. The first kappa shape index (κ1) is 14.6.